The van der Waals surface area contributed by atoms with Crippen molar-refractivity contribution in [2.75, 3.05) is 0 Å². The molecule has 1 heterocycles. The Balaban J connectivity index is 2.28. The minimum Gasteiger partial charge on any atom is -0.383 e. The van der Waals surface area contributed by atoms with Gasteiger partial charge in [0.1, 0.15) is 6.10 Å². The van der Waals surface area contributed by atoms with Gasteiger partial charge in [0.2, 0.25) is 0 Å². The van der Waals surface area contributed by atoms with Crippen molar-refractivity contribution in [1.29, 1.82) is 0 Å². The van der Waals surface area contributed by atoms with Gasteiger partial charge < -0.3 is 5.11 Å². The quantitative estimate of drug-likeness (QED) is 0.796. The van der Waals surface area contributed by atoms with Crippen molar-refractivity contribution < 1.29 is 5.11 Å². The number of aliphatic hydroxyl groups excluding tert-OH is 1. The summed E-state index contributed by atoms with van der Waals surface area (Å²) in [7, 11) is 0. The number of aryl methyl sites for hydroxylation is 1. The van der Waals surface area contributed by atoms with Crippen LogP contribution in [0.25, 0.3) is 0 Å². The maximum atomic E-state index is 9.98. The molecule has 0 unspecified atom stereocenters. The van der Waals surface area contributed by atoms with E-state index in [9.17, 15) is 5.11 Å². The molecule has 14 heavy (non-hydrogen) atoms. The molecule has 2 rings (SSSR count). The minimum absolute atomic E-state index is 0.476. The summed E-state index contributed by atoms with van der Waals surface area (Å²) in [6.45, 7) is 2.04. The minimum atomic E-state index is -0.476. The highest BCUT2D eigenvalue weighted by molar-refractivity contribution is 7.10. The van der Waals surface area contributed by atoms with E-state index in [4.69, 9.17) is 0 Å². The predicted molar refractivity (Wildman–Crippen MR) is 59.6 cm³/mol. The number of benzene rings is 1. The summed E-state index contributed by atoms with van der Waals surface area (Å²) >= 11 is 1.58. The molecule has 0 aliphatic rings. The maximum Gasteiger partial charge on any atom is 0.113 e. The van der Waals surface area contributed by atoms with E-state index in [0.29, 0.717) is 0 Å². The molecule has 1 aromatic carbocycles. The SMILES string of the molecule is Cc1ccc([C@@H](O)c2cccs2)cc1. The van der Waals surface area contributed by atoms with Crippen LogP contribution in [0.5, 0.6) is 0 Å². The van der Waals surface area contributed by atoms with E-state index in [1.165, 1.54) is 5.56 Å². The average molecular weight is 204 g/mol. The third kappa shape index (κ3) is 1.86. The lowest BCUT2D eigenvalue weighted by molar-refractivity contribution is 0.224. The van der Waals surface area contributed by atoms with Gasteiger partial charge in [-0.15, -0.1) is 11.3 Å². The summed E-state index contributed by atoms with van der Waals surface area (Å²) in [6, 6.07) is 11.9. The summed E-state index contributed by atoms with van der Waals surface area (Å²) in [5.74, 6) is 0. The van der Waals surface area contributed by atoms with Gasteiger partial charge in [-0.1, -0.05) is 35.9 Å². The van der Waals surface area contributed by atoms with Crippen LogP contribution < -0.4 is 0 Å². The van der Waals surface area contributed by atoms with Crippen LogP contribution in [0, 0.1) is 6.92 Å². The second-order valence-corrected chi connectivity index (χ2v) is 4.31. The van der Waals surface area contributed by atoms with E-state index in [0.717, 1.165) is 10.4 Å². The van der Waals surface area contributed by atoms with Crippen molar-refractivity contribution >= 4 is 11.3 Å². The second-order valence-electron chi connectivity index (χ2n) is 3.33. The zero-order valence-electron chi connectivity index (χ0n) is 7.97. The Labute approximate surface area is 87.7 Å². The molecule has 72 valence electrons. The molecule has 2 heteroatoms. The Morgan fingerprint density at radius 2 is 1.86 bits per heavy atom. The van der Waals surface area contributed by atoms with E-state index in [-0.39, 0.29) is 0 Å². The van der Waals surface area contributed by atoms with Crippen LogP contribution in [-0.4, -0.2) is 5.11 Å². The van der Waals surface area contributed by atoms with Gasteiger partial charge in [-0.2, -0.15) is 0 Å². The molecule has 0 aliphatic heterocycles. The van der Waals surface area contributed by atoms with Gasteiger partial charge in [0.15, 0.2) is 0 Å². The third-order valence-electron chi connectivity index (χ3n) is 2.21. The molecule has 1 atom stereocenters. The Hall–Kier alpha value is -1.12. The molecule has 0 aliphatic carbocycles. The summed E-state index contributed by atoms with van der Waals surface area (Å²) in [5.41, 5.74) is 2.17. The first-order chi connectivity index (χ1) is 6.77. The molecule has 0 fully saturated rings. The average Bonchev–Trinajstić information content (AvgIpc) is 2.71. The highest BCUT2D eigenvalue weighted by Gasteiger charge is 2.10. The fourth-order valence-electron chi connectivity index (χ4n) is 1.36. The Kier molecular flexibility index (Phi) is 2.66. The molecule has 1 N–H and O–H groups in total. The van der Waals surface area contributed by atoms with Gasteiger partial charge in [-0.25, -0.2) is 0 Å². The van der Waals surface area contributed by atoms with Crippen LogP contribution in [0.4, 0.5) is 0 Å². The van der Waals surface area contributed by atoms with Crippen LogP contribution in [0.1, 0.15) is 22.1 Å². The number of rotatable bonds is 2. The fraction of sp³-hybridized carbons (Fsp3) is 0.167. The molecule has 0 saturated carbocycles. The molecule has 1 nitrogen and oxygen atoms in total. The zero-order chi connectivity index (χ0) is 9.97. The lowest BCUT2D eigenvalue weighted by Crippen LogP contribution is -1.96. The van der Waals surface area contributed by atoms with Crippen molar-refractivity contribution in [2.45, 2.75) is 13.0 Å². The van der Waals surface area contributed by atoms with E-state index < -0.39 is 6.10 Å². The third-order valence-corrected chi connectivity index (χ3v) is 3.13. The lowest BCUT2D eigenvalue weighted by atomic mass is 10.1. The van der Waals surface area contributed by atoms with Crippen molar-refractivity contribution in [3.63, 3.8) is 0 Å². The van der Waals surface area contributed by atoms with Crippen LogP contribution in [0.15, 0.2) is 41.8 Å². The van der Waals surface area contributed by atoms with Crippen molar-refractivity contribution in [1.82, 2.24) is 0 Å². The highest BCUT2D eigenvalue weighted by Crippen LogP contribution is 2.25. The molecule has 0 bridgehead atoms. The predicted octanol–water partition coefficient (Wildman–Crippen LogP) is 3.14. The van der Waals surface area contributed by atoms with Crippen molar-refractivity contribution in [2.24, 2.45) is 0 Å². The molecular formula is C12H12OS. The number of thiophene rings is 1. The molecule has 0 spiro atoms. The standard InChI is InChI=1S/C12H12OS/c1-9-4-6-10(7-5-9)12(13)11-3-2-8-14-11/h2-8,12-13H,1H3/t12-/m1/s1. The van der Waals surface area contributed by atoms with Gasteiger partial charge in [0.25, 0.3) is 0 Å². The smallest absolute Gasteiger partial charge is 0.113 e. The van der Waals surface area contributed by atoms with E-state index in [1.54, 1.807) is 11.3 Å². The zero-order valence-corrected chi connectivity index (χ0v) is 8.79. The summed E-state index contributed by atoms with van der Waals surface area (Å²) in [6.07, 6.45) is -0.476. The second kappa shape index (κ2) is 3.95. The van der Waals surface area contributed by atoms with Crippen LogP contribution in [0.3, 0.4) is 0 Å². The molecule has 1 aromatic heterocycles. The normalized spacial score (nSPS) is 12.7. The van der Waals surface area contributed by atoms with Crippen molar-refractivity contribution in [3.05, 3.63) is 57.8 Å². The van der Waals surface area contributed by atoms with Gasteiger partial charge in [-0.05, 0) is 23.9 Å². The molecular weight excluding hydrogens is 192 g/mol. The van der Waals surface area contributed by atoms with E-state index >= 15 is 0 Å². The largest absolute Gasteiger partial charge is 0.383 e. The van der Waals surface area contributed by atoms with Crippen molar-refractivity contribution in [3.8, 4) is 0 Å². The summed E-state index contributed by atoms with van der Waals surface area (Å²) in [5, 5.41) is 12.0. The molecule has 0 amide bonds. The topological polar surface area (TPSA) is 20.2 Å². The Morgan fingerprint density at radius 1 is 1.14 bits per heavy atom. The Bertz CT molecular complexity index is 389. The first-order valence-corrected chi connectivity index (χ1v) is 5.43. The highest BCUT2D eigenvalue weighted by atomic mass is 32.1. The molecule has 2 aromatic rings. The lowest BCUT2D eigenvalue weighted by Gasteiger charge is -2.08. The number of aliphatic hydroxyl groups is 1. The van der Waals surface area contributed by atoms with E-state index in [2.05, 4.69) is 0 Å². The maximum absolute atomic E-state index is 9.98. The number of hydrogen-bond acceptors (Lipinski definition) is 2. The van der Waals surface area contributed by atoms with Crippen LogP contribution in [0.2, 0.25) is 0 Å². The summed E-state index contributed by atoms with van der Waals surface area (Å²) in [4.78, 5) is 0.994. The van der Waals surface area contributed by atoms with Gasteiger partial charge >= 0.3 is 0 Å². The number of hydrogen-bond donors (Lipinski definition) is 1. The fourth-order valence-corrected chi connectivity index (χ4v) is 2.10. The first-order valence-electron chi connectivity index (χ1n) is 4.55. The van der Waals surface area contributed by atoms with Gasteiger partial charge in [0, 0.05) is 4.88 Å². The van der Waals surface area contributed by atoms with Crippen LogP contribution >= 0.6 is 11.3 Å². The van der Waals surface area contributed by atoms with E-state index in [1.807, 2.05) is 48.7 Å². The summed E-state index contributed by atoms with van der Waals surface area (Å²) < 4.78 is 0. The first kappa shape index (κ1) is 9.44. The molecule has 0 radical (unpaired) electrons. The molecule has 0 saturated heterocycles. The monoisotopic (exact) mass is 204 g/mol. The van der Waals surface area contributed by atoms with Crippen LogP contribution in [-0.2, 0) is 0 Å². The van der Waals surface area contributed by atoms with Gasteiger partial charge in [0.05, 0.1) is 0 Å². The van der Waals surface area contributed by atoms with Gasteiger partial charge in [-0.3, -0.25) is 0 Å². The Morgan fingerprint density at radius 3 is 2.43 bits per heavy atom.